The van der Waals surface area contributed by atoms with Crippen molar-refractivity contribution in [2.75, 3.05) is 26.4 Å². The van der Waals surface area contributed by atoms with Crippen molar-refractivity contribution in [2.45, 2.75) is 85.7 Å². The first-order valence-electron chi connectivity index (χ1n) is 10.6. The van der Waals surface area contributed by atoms with Crippen LogP contribution in [-0.4, -0.2) is 32.5 Å². The Balaban J connectivity index is 3.26. The summed E-state index contributed by atoms with van der Waals surface area (Å²) in [4.78, 5) is 0. The van der Waals surface area contributed by atoms with Crippen molar-refractivity contribution in [3.05, 3.63) is 10.8 Å². The summed E-state index contributed by atoms with van der Waals surface area (Å²) in [6.07, 6.45) is 6.35. The Kier molecular flexibility index (Phi) is 12.2. The molecule has 0 bridgehead atoms. The van der Waals surface area contributed by atoms with Crippen molar-refractivity contribution in [1.82, 2.24) is 0 Å². The van der Waals surface area contributed by atoms with Crippen molar-refractivity contribution in [3.63, 3.8) is 0 Å². The van der Waals surface area contributed by atoms with Crippen molar-refractivity contribution < 1.29 is 32.0 Å². The van der Waals surface area contributed by atoms with Crippen LogP contribution in [0.2, 0.25) is 0 Å². The van der Waals surface area contributed by atoms with Crippen LogP contribution < -0.4 is 0 Å². The molecule has 0 saturated carbocycles. The summed E-state index contributed by atoms with van der Waals surface area (Å²) in [5, 5.41) is 0.297. The molecule has 0 spiro atoms. The molecule has 7 nitrogen and oxygen atoms in total. The van der Waals surface area contributed by atoms with Gasteiger partial charge < -0.3 is 22.8 Å². The van der Waals surface area contributed by atoms with Crippen molar-refractivity contribution in [3.8, 4) is 0 Å². The molecule has 1 atom stereocenters. The van der Waals surface area contributed by atoms with Crippen LogP contribution >= 0.6 is 15.2 Å². The van der Waals surface area contributed by atoms with Gasteiger partial charge in [-0.15, -0.1) is 0 Å². The minimum Gasteiger partial charge on any atom is -0.482 e. The highest BCUT2D eigenvalue weighted by molar-refractivity contribution is 7.62. The number of unbranched alkanes of at least 4 members (excludes halogenated alkanes) is 3. The first-order valence-corrected chi connectivity index (χ1v) is 13.7. The van der Waals surface area contributed by atoms with E-state index in [9.17, 15) is 9.13 Å². The molecule has 9 heteroatoms. The van der Waals surface area contributed by atoms with Gasteiger partial charge in [0.25, 0.3) is 0 Å². The van der Waals surface area contributed by atoms with Crippen LogP contribution in [0, 0.1) is 0 Å². The summed E-state index contributed by atoms with van der Waals surface area (Å²) < 4.78 is 55.1. The molecule has 0 aromatic carbocycles. The molecule has 1 aliphatic rings. The highest BCUT2D eigenvalue weighted by Gasteiger charge is 2.45. The van der Waals surface area contributed by atoms with E-state index in [1.165, 1.54) is 6.42 Å². The SMILES string of the molecule is CCCCCCC1CCC(P(=O)(OCC)OCC)=C(P(=O)(OCC)OCC)O1. The highest BCUT2D eigenvalue weighted by atomic mass is 31.2. The van der Waals surface area contributed by atoms with Crippen LogP contribution in [-0.2, 0) is 32.0 Å². The molecule has 1 aliphatic heterocycles. The summed E-state index contributed by atoms with van der Waals surface area (Å²) in [6, 6.07) is 0. The van der Waals surface area contributed by atoms with Gasteiger partial charge in [-0.3, -0.25) is 9.13 Å². The number of ether oxygens (including phenoxy) is 1. The van der Waals surface area contributed by atoms with E-state index in [0.717, 1.165) is 25.7 Å². The normalized spacial score (nSPS) is 18.4. The Morgan fingerprint density at radius 2 is 1.36 bits per heavy atom. The van der Waals surface area contributed by atoms with Gasteiger partial charge >= 0.3 is 15.2 Å². The van der Waals surface area contributed by atoms with E-state index in [0.29, 0.717) is 18.2 Å². The van der Waals surface area contributed by atoms with Gasteiger partial charge in [0.1, 0.15) is 0 Å². The molecule has 1 unspecified atom stereocenters. The Labute approximate surface area is 170 Å². The molecule has 0 N–H and O–H groups in total. The van der Waals surface area contributed by atoms with Gasteiger partial charge in [0.05, 0.1) is 37.8 Å². The third-order valence-corrected chi connectivity index (χ3v) is 8.91. The lowest BCUT2D eigenvalue weighted by molar-refractivity contribution is 0.0828. The van der Waals surface area contributed by atoms with Gasteiger partial charge in [-0.2, -0.15) is 0 Å². The monoisotopic (exact) mass is 440 g/mol. The van der Waals surface area contributed by atoms with E-state index >= 15 is 0 Å². The predicted molar refractivity (Wildman–Crippen MR) is 112 cm³/mol. The molecule has 28 heavy (non-hydrogen) atoms. The third kappa shape index (κ3) is 7.27. The fraction of sp³-hybridized carbons (Fsp3) is 0.895. The van der Waals surface area contributed by atoms with Crippen LogP contribution in [0.5, 0.6) is 0 Å². The molecule has 1 heterocycles. The lowest BCUT2D eigenvalue weighted by atomic mass is 10.0. The minimum absolute atomic E-state index is 0.0353. The second kappa shape index (κ2) is 13.2. The van der Waals surface area contributed by atoms with Crippen molar-refractivity contribution in [1.29, 1.82) is 0 Å². The van der Waals surface area contributed by atoms with E-state index in [1.807, 2.05) is 0 Å². The molecule has 0 aromatic rings. The fourth-order valence-corrected chi connectivity index (χ4v) is 7.38. The zero-order valence-corrected chi connectivity index (χ0v) is 19.9. The maximum atomic E-state index is 13.5. The number of hydrogen-bond donors (Lipinski definition) is 0. The van der Waals surface area contributed by atoms with E-state index in [-0.39, 0.29) is 38.0 Å². The van der Waals surface area contributed by atoms with Crippen LogP contribution in [0.3, 0.4) is 0 Å². The summed E-state index contributed by atoms with van der Waals surface area (Å²) in [5.41, 5.74) is 0.0353. The number of hydrogen-bond acceptors (Lipinski definition) is 7. The lowest BCUT2D eigenvalue weighted by Crippen LogP contribution is -2.21. The Hall–Kier alpha value is -0.160. The molecule has 0 saturated heterocycles. The summed E-state index contributed by atoms with van der Waals surface area (Å²) in [6.45, 7) is 9.93. The van der Waals surface area contributed by atoms with E-state index < -0.39 is 15.2 Å². The molecular weight excluding hydrogens is 402 g/mol. The topological polar surface area (TPSA) is 80.3 Å². The molecule has 0 amide bonds. The first kappa shape index (κ1) is 25.9. The van der Waals surface area contributed by atoms with Gasteiger partial charge in [-0.05, 0) is 53.4 Å². The average molecular weight is 440 g/mol. The Morgan fingerprint density at radius 1 is 0.821 bits per heavy atom. The van der Waals surface area contributed by atoms with Crippen LogP contribution in [0.25, 0.3) is 0 Å². The summed E-state index contributed by atoms with van der Waals surface area (Å²) in [7, 11) is -7.39. The second-order valence-electron chi connectivity index (χ2n) is 6.55. The van der Waals surface area contributed by atoms with Crippen molar-refractivity contribution in [2.24, 2.45) is 0 Å². The van der Waals surface area contributed by atoms with Gasteiger partial charge in [0.15, 0.2) is 0 Å². The molecule has 0 fully saturated rings. The standard InChI is InChI=1S/C19H38O7P2/c1-6-11-12-13-14-17-15-16-18(27(20,22-7-2)23-8-3)19(26-17)28(21,24-9-4)25-10-5/h17H,6-16H2,1-5H3. The Morgan fingerprint density at radius 3 is 1.86 bits per heavy atom. The third-order valence-electron chi connectivity index (χ3n) is 4.38. The molecule has 1 rings (SSSR count). The Bertz CT molecular complexity index is 557. The fourth-order valence-electron chi connectivity index (χ4n) is 3.20. The average Bonchev–Trinajstić information content (AvgIpc) is 2.66. The summed E-state index contributed by atoms with van der Waals surface area (Å²) >= 11 is 0. The molecule has 166 valence electrons. The van der Waals surface area contributed by atoms with Gasteiger partial charge in [0, 0.05) is 0 Å². The molecular formula is C19H38O7P2. The zero-order chi connectivity index (χ0) is 21.0. The summed E-state index contributed by atoms with van der Waals surface area (Å²) in [5.74, 6) is 0. The molecule has 0 aliphatic carbocycles. The minimum atomic E-state index is -3.75. The molecule has 0 aromatic heterocycles. The van der Waals surface area contributed by atoms with Crippen LogP contribution in [0.1, 0.15) is 79.6 Å². The van der Waals surface area contributed by atoms with E-state index in [1.54, 1.807) is 27.7 Å². The van der Waals surface area contributed by atoms with E-state index in [4.69, 9.17) is 22.8 Å². The smallest absolute Gasteiger partial charge is 0.396 e. The van der Waals surface area contributed by atoms with Crippen LogP contribution in [0.15, 0.2) is 10.8 Å². The quantitative estimate of drug-likeness (QED) is 0.204. The van der Waals surface area contributed by atoms with Crippen molar-refractivity contribution >= 4 is 15.2 Å². The number of allylic oxidation sites excluding steroid dienone is 1. The predicted octanol–water partition coefficient (Wildman–Crippen LogP) is 6.84. The lowest BCUT2D eigenvalue weighted by Gasteiger charge is -2.33. The van der Waals surface area contributed by atoms with Crippen LogP contribution in [0.4, 0.5) is 0 Å². The molecule has 0 radical (unpaired) electrons. The van der Waals surface area contributed by atoms with E-state index in [2.05, 4.69) is 6.92 Å². The number of rotatable bonds is 15. The zero-order valence-electron chi connectivity index (χ0n) is 18.1. The maximum Gasteiger partial charge on any atom is 0.396 e. The second-order valence-corrected chi connectivity index (χ2v) is 10.5. The largest absolute Gasteiger partial charge is 0.482 e. The van der Waals surface area contributed by atoms with Gasteiger partial charge in [0.2, 0.25) is 5.50 Å². The highest BCUT2D eigenvalue weighted by Crippen LogP contribution is 2.68. The van der Waals surface area contributed by atoms with Gasteiger partial charge in [-0.25, -0.2) is 0 Å². The van der Waals surface area contributed by atoms with Gasteiger partial charge in [-0.1, -0.05) is 26.2 Å². The maximum absolute atomic E-state index is 13.5. The first-order chi connectivity index (χ1) is 13.4.